The van der Waals surface area contributed by atoms with E-state index in [1.54, 1.807) is 45.9 Å². The van der Waals surface area contributed by atoms with Gasteiger partial charge >= 0.3 is 0 Å². The molecule has 0 unspecified atom stereocenters. The highest BCUT2D eigenvalue weighted by Gasteiger charge is 2.27. The number of rotatable bonds is 11. The molecule has 1 amide bonds. The molecule has 1 aliphatic rings. The first-order chi connectivity index (χ1) is 18.2. The summed E-state index contributed by atoms with van der Waals surface area (Å²) in [7, 11) is -3.75. The predicted octanol–water partition coefficient (Wildman–Crippen LogP) is 3.63. The summed E-state index contributed by atoms with van der Waals surface area (Å²) in [6, 6.07) is 14.9. The van der Waals surface area contributed by atoms with Crippen LogP contribution in [-0.4, -0.2) is 73.1 Å². The van der Waals surface area contributed by atoms with E-state index < -0.39 is 21.6 Å². The number of sulfone groups is 1. The minimum atomic E-state index is -3.75. The van der Waals surface area contributed by atoms with Gasteiger partial charge in [0.05, 0.1) is 43.0 Å². The molecule has 0 bridgehead atoms. The van der Waals surface area contributed by atoms with Crippen molar-refractivity contribution in [3.8, 4) is 0 Å². The normalized spacial score (nSPS) is 14.6. The number of hydrogen-bond donors (Lipinski definition) is 0. The second kappa shape index (κ2) is 12.6. The smallest absolute Gasteiger partial charge is 0.257 e. The number of morpholine rings is 1. The summed E-state index contributed by atoms with van der Waals surface area (Å²) in [5.74, 6) is -1.06. The van der Waals surface area contributed by atoms with Crippen molar-refractivity contribution in [3.05, 3.63) is 83.4 Å². The number of carbonyl (C=O) groups excluding carboxylic acids is 1. The zero-order chi connectivity index (χ0) is 27.1. The zero-order valence-corrected chi connectivity index (χ0v) is 22.7. The standard InChI is InChI=1S/C28H35FN4O4S/c1-22(2)19-33-24(18-30-28(33)38(35,36)21-23-8-4-3-5-9-23)20-32(13-12-31-14-16-37-17-15-31)27(34)25-10-6-7-11-26(25)29/h3-11,18,22H,12-17,19-21H2,1-2H3. The monoisotopic (exact) mass is 542 g/mol. The maximum Gasteiger partial charge on any atom is 0.257 e. The van der Waals surface area contributed by atoms with Gasteiger partial charge in [-0.15, -0.1) is 0 Å². The molecule has 0 atom stereocenters. The summed E-state index contributed by atoms with van der Waals surface area (Å²) in [6.07, 6.45) is 1.52. The minimum absolute atomic E-state index is 0.0127. The van der Waals surface area contributed by atoms with Crippen molar-refractivity contribution in [1.82, 2.24) is 19.4 Å². The van der Waals surface area contributed by atoms with Crippen molar-refractivity contribution < 1.29 is 22.3 Å². The van der Waals surface area contributed by atoms with Gasteiger partial charge in [-0.3, -0.25) is 9.69 Å². The lowest BCUT2D eigenvalue weighted by Gasteiger charge is -2.30. The van der Waals surface area contributed by atoms with E-state index in [1.165, 1.54) is 18.3 Å². The molecule has 1 aliphatic heterocycles. The molecule has 1 saturated heterocycles. The number of halogens is 1. The molecular weight excluding hydrogens is 507 g/mol. The molecule has 38 heavy (non-hydrogen) atoms. The van der Waals surface area contributed by atoms with E-state index in [9.17, 15) is 17.6 Å². The molecule has 0 saturated carbocycles. The lowest BCUT2D eigenvalue weighted by Crippen LogP contribution is -2.43. The molecule has 10 heteroatoms. The van der Waals surface area contributed by atoms with Gasteiger partial charge in [-0.1, -0.05) is 56.3 Å². The maximum atomic E-state index is 14.6. The molecule has 0 aliphatic carbocycles. The lowest BCUT2D eigenvalue weighted by atomic mass is 10.1. The van der Waals surface area contributed by atoms with Crippen LogP contribution in [0.15, 0.2) is 66.0 Å². The van der Waals surface area contributed by atoms with E-state index in [4.69, 9.17) is 4.74 Å². The highest BCUT2D eigenvalue weighted by molar-refractivity contribution is 7.90. The number of nitrogens with zero attached hydrogens (tertiary/aromatic N) is 4. The van der Waals surface area contributed by atoms with Crippen molar-refractivity contribution in [2.24, 2.45) is 5.92 Å². The van der Waals surface area contributed by atoms with Gasteiger partial charge in [-0.25, -0.2) is 17.8 Å². The van der Waals surface area contributed by atoms with Crippen LogP contribution in [-0.2, 0) is 33.4 Å². The molecule has 2 heterocycles. The Kier molecular flexibility index (Phi) is 9.30. The molecule has 204 valence electrons. The summed E-state index contributed by atoms with van der Waals surface area (Å²) < 4.78 is 48.5. The number of amides is 1. The van der Waals surface area contributed by atoms with Crippen LogP contribution in [0.5, 0.6) is 0 Å². The maximum absolute atomic E-state index is 14.6. The van der Waals surface area contributed by atoms with Crippen molar-refractivity contribution >= 4 is 15.7 Å². The molecule has 1 aromatic heterocycles. The van der Waals surface area contributed by atoms with Crippen molar-refractivity contribution in [2.45, 2.75) is 37.8 Å². The molecule has 2 aromatic carbocycles. The fraction of sp³-hybridized carbons (Fsp3) is 0.429. The van der Waals surface area contributed by atoms with E-state index in [2.05, 4.69) is 9.88 Å². The summed E-state index contributed by atoms with van der Waals surface area (Å²) in [6.45, 7) is 8.26. The molecule has 0 spiro atoms. The second-order valence-electron chi connectivity index (χ2n) is 9.94. The van der Waals surface area contributed by atoms with Crippen LogP contribution in [0.1, 0.15) is 35.5 Å². The van der Waals surface area contributed by atoms with Gasteiger partial charge in [-0.05, 0) is 23.6 Å². The van der Waals surface area contributed by atoms with Crippen LogP contribution in [0.4, 0.5) is 4.39 Å². The fourth-order valence-corrected chi connectivity index (χ4v) is 6.03. The first-order valence-electron chi connectivity index (χ1n) is 12.9. The molecule has 8 nitrogen and oxygen atoms in total. The summed E-state index contributed by atoms with van der Waals surface area (Å²) in [4.78, 5) is 21.6. The molecule has 0 N–H and O–H groups in total. The molecule has 4 rings (SSSR count). The van der Waals surface area contributed by atoms with Gasteiger partial charge in [0.25, 0.3) is 5.91 Å². The number of benzene rings is 2. The molecule has 1 fully saturated rings. The van der Waals surface area contributed by atoms with E-state index in [1.807, 2.05) is 19.9 Å². The Balaban J connectivity index is 1.64. The zero-order valence-electron chi connectivity index (χ0n) is 21.9. The third kappa shape index (κ3) is 7.06. The van der Waals surface area contributed by atoms with Crippen molar-refractivity contribution in [1.29, 1.82) is 0 Å². The van der Waals surface area contributed by atoms with Gasteiger partial charge < -0.3 is 14.2 Å². The Hall–Kier alpha value is -3.08. The number of ether oxygens (including phenoxy) is 1. The van der Waals surface area contributed by atoms with E-state index in [-0.39, 0.29) is 28.9 Å². The van der Waals surface area contributed by atoms with Gasteiger partial charge in [-0.2, -0.15) is 0 Å². The van der Waals surface area contributed by atoms with E-state index in [0.717, 1.165) is 13.1 Å². The summed E-state index contributed by atoms with van der Waals surface area (Å²) >= 11 is 0. The van der Waals surface area contributed by atoms with Gasteiger partial charge in [0, 0.05) is 32.7 Å². The third-order valence-electron chi connectivity index (χ3n) is 6.46. The van der Waals surface area contributed by atoms with Crippen molar-refractivity contribution in [3.63, 3.8) is 0 Å². The Bertz CT molecular complexity index is 1320. The summed E-state index contributed by atoms with van der Waals surface area (Å²) in [5.41, 5.74) is 1.26. The van der Waals surface area contributed by atoms with Gasteiger partial charge in [0.1, 0.15) is 5.82 Å². The first kappa shape index (κ1) is 27.9. The average Bonchev–Trinajstić information content (AvgIpc) is 3.29. The van der Waals surface area contributed by atoms with Crippen LogP contribution in [0.25, 0.3) is 0 Å². The minimum Gasteiger partial charge on any atom is -0.379 e. The molecule has 0 radical (unpaired) electrons. The van der Waals surface area contributed by atoms with E-state index in [0.29, 0.717) is 44.1 Å². The Morgan fingerprint density at radius 1 is 1.08 bits per heavy atom. The molecule has 3 aromatic rings. The van der Waals surface area contributed by atoms with Crippen molar-refractivity contribution in [2.75, 3.05) is 39.4 Å². The highest BCUT2D eigenvalue weighted by Crippen LogP contribution is 2.21. The molecular formula is C28H35FN4O4S. The Morgan fingerprint density at radius 3 is 2.45 bits per heavy atom. The largest absolute Gasteiger partial charge is 0.379 e. The lowest BCUT2D eigenvalue weighted by molar-refractivity contribution is 0.0318. The summed E-state index contributed by atoms with van der Waals surface area (Å²) in [5, 5.41) is -0.0171. The van der Waals surface area contributed by atoms with E-state index >= 15 is 0 Å². The van der Waals surface area contributed by atoms with Crippen LogP contribution in [0.3, 0.4) is 0 Å². The van der Waals surface area contributed by atoms with Crippen LogP contribution in [0.2, 0.25) is 0 Å². The van der Waals surface area contributed by atoms with Gasteiger partial charge in [0.15, 0.2) is 0 Å². The average molecular weight is 543 g/mol. The SMILES string of the molecule is CC(C)Cn1c(CN(CCN2CCOCC2)C(=O)c2ccccc2F)cnc1S(=O)(=O)Cc1ccccc1. The Labute approximate surface area is 224 Å². The number of hydrogen-bond acceptors (Lipinski definition) is 6. The number of aromatic nitrogens is 2. The number of imidazole rings is 1. The fourth-order valence-electron chi connectivity index (χ4n) is 4.52. The van der Waals surface area contributed by atoms with Crippen LogP contribution >= 0.6 is 0 Å². The Morgan fingerprint density at radius 2 is 1.76 bits per heavy atom. The quantitative estimate of drug-likeness (QED) is 0.368. The van der Waals surface area contributed by atoms with Crippen LogP contribution < -0.4 is 0 Å². The topological polar surface area (TPSA) is 84.7 Å². The first-order valence-corrected chi connectivity index (χ1v) is 14.5. The number of carbonyl (C=O) groups is 1. The highest BCUT2D eigenvalue weighted by atomic mass is 32.2. The van der Waals surface area contributed by atoms with Gasteiger partial charge in [0.2, 0.25) is 15.0 Å². The third-order valence-corrected chi connectivity index (χ3v) is 8.06. The van der Waals surface area contributed by atoms with Crippen LogP contribution in [0, 0.1) is 11.7 Å². The second-order valence-corrected chi connectivity index (χ2v) is 11.8. The predicted molar refractivity (Wildman–Crippen MR) is 143 cm³/mol.